The summed E-state index contributed by atoms with van der Waals surface area (Å²) in [7, 11) is 1.63. The van der Waals surface area contributed by atoms with Crippen molar-refractivity contribution >= 4 is 11.8 Å². The first-order chi connectivity index (χ1) is 7.58. The van der Waals surface area contributed by atoms with E-state index in [9.17, 15) is 5.26 Å². The van der Waals surface area contributed by atoms with Crippen LogP contribution >= 0.6 is 11.8 Å². The summed E-state index contributed by atoms with van der Waals surface area (Å²) in [6, 6.07) is 4.13. The average Bonchev–Trinajstić information content (AvgIpc) is 2.16. The maximum Gasteiger partial charge on any atom is 0.115 e. The quantitative estimate of drug-likeness (QED) is 0.754. The Kier molecular flexibility index (Phi) is 4.78. The van der Waals surface area contributed by atoms with Crippen LogP contribution in [0.25, 0.3) is 0 Å². The Morgan fingerprint density at radius 1 is 1.56 bits per heavy atom. The number of pyridine rings is 1. The van der Waals surface area contributed by atoms with Crippen molar-refractivity contribution in [2.24, 2.45) is 0 Å². The van der Waals surface area contributed by atoms with E-state index in [-0.39, 0.29) is 0 Å². The van der Waals surface area contributed by atoms with Crippen LogP contribution in [0.2, 0.25) is 0 Å². The molecule has 0 spiro atoms. The van der Waals surface area contributed by atoms with Crippen molar-refractivity contribution in [1.29, 1.82) is 5.26 Å². The Balaban J connectivity index is 3.20. The topological polar surface area (TPSA) is 45.9 Å². The van der Waals surface area contributed by atoms with Crippen molar-refractivity contribution in [3.05, 3.63) is 22.9 Å². The van der Waals surface area contributed by atoms with Crippen LogP contribution in [0.4, 0.5) is 0 Å². The summed E-state index contributed by atoms with van der Waals surface area (Å²) < 4.78 is 5.10. The highest BCUT2D eigenvalue weighted by molar-refractivity contribution is 7.99. The minimum Gasteiger partial charge on any atom is -0.380 e. The number of nitriles is 1. The molecule has 0 unspecified atom stereocenters. The second kappa shape index (κ2) is 5.88. The molecule has 1 rings (SSSR count). The first kappa shape index (κ1) is 13.0. The average molecular weight is 236 g/mol. The smallest absolute Gasteiger partial charge is 0.115 e. The third-order valence-electron chi connectivity index (χ3n) is 1.95. The number of thioether (sulfide) groups is 1. The molecule has 1 aromatic heterocycles. The fourth-order valence-corrected chi connectivity index (χ4v) is 2.35. The lowest BCUT2D eigenvalue weighted by Crippen LogP contribution is -2.01. The lowest BCUT2D eigenvalue weighted by molar-refractivity contribution is 0.184. The number of aryl methyl sites for hydroxylation is 1. The van der Waals surface area contributed by atoms with Crippen LogP contribution in [0.3, 0.4) is 0 Å². The molecule has 0 aliphatic rings. The standard InChI is InChI=1S/C12H16N2OS/c1-8(2)16-12-11(6-13)10(7-15-4)5-9(3)14-12/h5,8H,7H2,1-4H3. The van der Waals surface area contributed by atoms with E-state index in [2.05, 4.69) is 24.9 Å². The van der Waals surface area contributed by atoms with Gasteiger partial charge in [-0.25, -0.2) is 4.98 Å². The molecule has 0 fully saturated rings. The molecule has 0 N–H and O–H groups in total. The van der Waals surface area contributed by atoms with E-state index in [1.54, 1.807) is 18.9 Å². The molecule has 0 aromatic carbocycles. The van der Waals surface area contributed by atoms with Crippen molar-refractivity contribution in [1.82, 2.24) is 4.98 Å². The van der Waals surface area contributed by atoms with Gasteiger partial charge in [-0.3, -0.25) is 0 Å². The van der Waals surface area contributed by atoms with Gasteiger partial charge in [-0.05, 0) is 18.6 Å². The highest BCUT2D eigenvalue weighted by Gasteiger charge is 2.12. The second-order valence-electron chi connectivity index (χ2n) is 3.81. The van der Waals surface area contributed by atoms with Gasteiger partial charge in [-0.15, -0.1) is 11.8 Å². The molecule has 0 aliphatic carbocycles. The van der Waals surface area contributed by atoms with Crippen molar-refractivity contribution < 1.29 is 4.74 Å². The number of hydrogen-bond acceptors (Lipinski definition) is 4. The fourth-order valence-electron chi connectivity index (χ4n) is 1.41. The normalized spacial score (nSPS) is 10.5. The fraction of sp³-hybridized carbons (Fsp3) is 0.500. The largest absolute Gasteiger partial charge is 0.380 e. The first-order valence-corrected chi connectivity index (χ1v) is 6.02. The van der Waals surface area contributed by atoms with Gasteiger partial charge in [0.1, 0.15) is 11.1 Å². The van der Waals surface area contributed by atoms with Gasteiger partial charge in [0.2, 0.25) is 0 Å². The number of aromatic nitrogens is 1. The summed E-state index contributed by atoms with van der Waals surface area (Å²) in [5.74, 6) is 0. The van der Waals surface area contributed by atoms with Crippen molar-refractivity contribution in [2.45, 2.75) is 37.7 Å². The summed E-state index contributed by atoms with van der Waals surface area (Å²) in [6.07, 6.45) is 0. The zero-order valence-electron chi connectivity index (χ0n) is 10.1. The van der Waals surface area contributed by atoms with Gasteiger partial charge in [0.25, 0.3) is 0 Å². The second-order valence-corrected chi connectivity index (χ2v) is 5.38. The Morgan fingerprint density at radius 2 is 2.25 bits per heavy atom. The lowest BCUT2D eigenvalue weighted by Gasteiger charge is -2.11. The minimum absolute atomic E-state index is 0.414. The molecular formula is C12H16N2OS. The van der Waals surface area contributed by atoms with E-state index in [0.29, 0.717) is 17.4 Å². The van der Waals surface area contributed by atoms with Crippen LogP contribution in [0, 0.1) is 18.3 Å². The number of methoxy groups -OCH3 is 1. The van der Waals surface area contributed by atoms with Crippen molar-refractivity contribution in [3.8, 4) is 6.07 Å². The van der Waals surface area contributed by atoms with Gasteiger partial charge < -0.3 is 4.74 Å². The van der Waals surface area contributed by atoms with E-state index in [1.165, 1.54) is 0 Å². The molecule has 4 heteroatoms. The zero-order valence-corrected chi connectivity index (χ0v) is 10.9. The predicted octanol–water partition coefficient (Wildman–Crippen LogP) is 2.91. The van der Waals surface area contributed by atoms with Crippen LogP contribution in [0.1, 0.15) is 30.7 Å². The molecule has 3 nitrogen and oxygen atoms in total. The molecule has 0 aliphatic heterocycles. The summed E-state index contributed by atoms with van der Waals surface area (Å²) >= 11 is 1.61. The molecule has 1 heterocycles. The molecule has 0 atom stereocenters. The first-order valence-electron chi connectivity index (χ1n) is 5.14. The van der Waals surface area contributed by atoms with Gasteiger partial charge in [0.15, 0.2) is 0 Å². The van der Waals surface area contributed by atoms with E-state index in [1.807, 2.05) is 13.0 Å². The summed E-state index contributed by atoms with van der Waals surface area (Å²) in [6.45, 7) is 6.57. The third-order valence-corrected chi connectivity index (χ3v) is 2.95. The molecular weight excluding hydrogens is 220 g/mol. The van der Waals surface area contributed by atoms with Gasteiger partial charge in [0, 0.05) is 18.1 Å². The predicted molar refractivity (Wildman–Crippen MR) is 65.4 cm³/mol. The van der Waals surface area contributed by atoms with Gasteiger partial charge in [-0.2, -0.15) is 5.26 Å². The summed E-state index contributed by atoms with van der Waals surface area (Å²) in [5, 5.41) is 10.4. The molecule has 0 bridgehead atoms. The Morgan fingerprint density at radius 3 is 2.75 bits per heavy atom. The van der Waals surface area contributed by atoms with E-state index in [4.69, 9.17) is 4.74 Å². The Labute approximate surface area is 101 Å². The van der Waals surface area contributed by atoms with Crippen LogP contribution < -0.4 is 0 Å². The molecule has 86 valence electrons. The van der Waals surface area contributed by atoms with Crippen LogP contribution in [0.15, 0.2) is 11.1 Å². The number of nitrogens with zero attached hydrogens (tertiary/aromatic N) is 2. The van der Waals surface area contributed by atoms with Crippen LogP contribution in [-0.4, -0.2) is 17.3 Å². The molecule has 1 aromatic rings. The monoisotopic (exact) mass is 236 g/mol. The minimum atomic E-state index is 0.414. The lowest BCUT2D eigenvalue weighted by atomic mass is 10.1. The highest BCUT2D eigenvalue weighted by Crippen LogP contribution is 2.27. The number of hydrogen-bond donors (Lipinski definition) is 0. The molecule has 16 heavy (non-hydrogen) atoms. The van der Waals surface area contributed by atoms with Gasteiger partial charge in [-0.1, -0.05) is 13.8 Å². The van der Waals surface area contributed by atoms with Crippen molar-refractivity contribution in [2.75, 3.05) is 7.11 Å². The summed E-state index contributed by atoms with van der Waals surface area (Å²) in [5.41, 5.74) is 2.49. The maximum absolute atomic E-state index is 9.17. The summed E-state index contributed by atoms with van der Waals surface area (Å²) in [4.78, 5) is 4.41. The Bertz CT molecular complexity index is 410. The number of rotatable bonds is 4. The molecule has 0 amide bonds. The third kappa shape index (κ3) is 3.22. The maximum atomic E-state index is 9.17. The highest BCUT2D eigenvalue weighted by atomic mass is 32.2. The zero-order chi connectivity index (χ0) is 12.1. The van der Waals surface area contributed by atoms with Gasteiger partial charge >= 0.3 is 0 Å². The van der Waals surface area contributed by atoms with Crippen LogP contribution in [0.5, 0.6) is 0 Å². The molecule has 0 saturated heterocycles. The van der Waals surface area contributed by atoms with E-state index < -0.39 is 0 Å². The van der Waals surface area contributed by atoms with Crippen LogP contribution in [-0.2, 0) is 11.3 Å². The number of ether oxygens (including phenoxy) is 1. The molecule has 0 saturated carbocycles. The van der Waals surface area contributed by atoms with E-state index in [0.717, 1.165) is 16.3 Å². The molecule has 0 radical (unpaired) electrons. The van der Waals surface area contributed by atoms with E-state index >= 15 is 0 Å². The van der Waals surface area contributed by atoms with Gasteiger partial charge in [0.05, 0.1) is 12.2 Å². The SMILES string of the molecule is COCc1cc(C)nc(SC(C)C)c1C#N. The Hall–Kier alpha value is -1.05. The van der Waals surface area contributed by atoms with Crippen molar-refractivity contribution in [3.63, 3.8) is 0 Å².